The Labute approximate surface area is 101 Å². The lowest BCUT2D eigenvalue weighted by Gasteiger charge is -2.01. The number of hydrogen-bond donors (Lipinski definition) is 1. The van der Waals surface area contributed by atoms with E-state index in [1.165, 1.54) is 17.9 Å². The maximum atomic E-state index is 5.23. The van der Waals surface area contributed by atoms with E-state index in [0.717, 1.165) is 43.4 Å². The zero-order valence-corrected chi connectivity index (χ0v) is 10.6. The van der Waals surface area contributed by atoms with Gasteiger partial charge in [-0.05, 0) is 43.9 Å². The second-order valence-electron chi connectivity index (χ2n) is 4.25. The summed E-state index contributed by atoms with van der Waals surface area (Å²) < 4.78 is 5.23. The van der Waals surface area contributed by atoms with Gasteiger partial charge in [-0.25, -0.2) is 0 Å². The molecular formula is C11H19N3OS. The smallest absolute Gasteiger partial charge is 0.226 e. The number of thioether (sulfide) groups is 1. The Bertz CT molecular complexity index is 310. The molecule has 90 valence electrons. The van der Waals surface area contributed by atoms with E-state index in [1.807, 2.05) is 18.8 Å². The summed E-state index contributed by atoms with van der Waals surface area (Å²) >= 11 is 2.03. The minimum atomic E-state index is 0.757. The fraction of sp³-hybridized carbons (Fsp3) is 0.818. The van der Waals surface area contributed by atoms with Gasteiger partial charge in [0.1, 0.15) is 0 Å². The predicted molar refractivity (Wildman–Crippen MR) is 65.7 cm³/mol. The van der Waals surface area contributed by atoms with Crippen molar-refractivity contribution < 1.29 is 4.52 Å². The molecule has 0 bridgehead atoms. The van der Waals surface area contributed by atoms with E-state index in [4.69, 9.17) is 4.52 Å². The molecule has 0 saturated carbocycles. The first-order valence-electron chi connectivity index (χ1n) is 5.92. The SMILES string of the molecule is CNCCCc1nc(CC2CCSC2)no1. The summed E-state index contributed by atoms with van der Waals surface area (Å²) in [5, 5.41) is 7.15. The first-order valence-corrected chi connectivity index (χ1v) is 7.07. The molecule has 1 aromatic heterocycles. The van der Waals surface area contributed by atoms with Crippen molar-refractivity contribution in [2.24, 2.45) is 5.92 Å². The number of nitrogens with zero attached hydrogens (tertiary/aromatic N) is 2. The lowest BCUT2D eigenvalue weighted by molar-refractivity contribution is 0.367. The van der Waals surface area contributed by atoms with Gasteiger partial charge in [0.15, 0.2) is 5.82 Å². The van der Waals surface area contributed by atoms with E-state index < -0.39 is 0 Å². The topological polar surface area (TPSA) is 51.0 Å². The molecule has 0 aromatic carbocycles. The minimum absolute atomic E-state index is 0.757. The quantitative estimate of drug-likeness (QED) is 0.765. The first-order chi connectivity index (χ1) is 7.88. The molecular weight excluding hydrogens is 222 g/mol. The van der Waals surface area contributed by atoms with E-state index in [1.54, 1.807) is 0 Å². The average molecular weight is 241 g/mol. The highest BCUT2D eigenvalue weighted by Crippen LogP contribution is 2.25. The van der Waals surface area contributed by atoms with Crippen molar-refractivity contribution in [2.75, 3.05) is 25.1 Å². The van der Waals surface area contributed by atoms with Crippen LogP contribution in [0.4, 0.5) is 0 Å². The fourth-order valence-electron chi connectivity index (χ4n) is 1.89. The molecule has 1 aliphatic rings. The monoisotopic (exact) mass is 241 g/mol. The summed E-state index contributed by atoms with van der Waals surface area (Å²) in [7, 11) is 1.96. The van der Waals surface area contributed by atoms with Crippen molar-refractivity contribution in [1.29, 1.82) is 0 Å². The molecule has 0 spiro atoms. The van der Waals surface area contributed by atoms with Crippen LogP contribution >= 0.6 is 11.8 Å². The van der Waals surface area contributed by atoms with Crippen LogP contribution in [0, 0.1) is 5.92 Å². The third-order valence-electron chi connectivity index (χ3n) is 2.82. The van der Waals surface area contributed by atoms with Crippen LogP contribution in [0.2, 0.25) is 0 Å². The van der Waals surface area contributed by atoms with Crippen molar-refractivity contribution in [3.63, 3.8) is 0 Å². The Balaban J connectivity index is 1.77. The largest absolute Gasteiger partial charge is 0.339 e. The van der Waals surface area contributed by atoms with Crippen LogP contribution in [0.1, 0.15) is 24.6 Å². The third kappa shape index (κ3) is 3.49. The van der Waals surface area contributed by atoms with Gasteiger partial charge >= 0.3 is 0 Å². The van der Waals surface area contributed by atoms with Crippen molar-refractivity contribution in [3.05, 3.63) is 11.7 Å². The number of hydrogen-bond acceptors (Lipinski definition) is 5. The van der Waals surface area contributed by atoms with E-state index in [9.17, 15) is 0 Å². The van der Waals surface area contributed by atoms with Gasteiger partial charge in [0.05, 0.1) is 0 Å². The van der Waals surface area contributed by atoms with Crippen LogP contribution in [0.15, 0.2) is 4.52 Å². The summed E-state index contributed by atoms with van der Waals surface area (Å²) in [4.78, 5) is 4.43. The molecule has 0 aliphatic carbocycles. The maximum absolute atomic E-state index is 5.23. The van der Waals surface area contributed by atoms with Crippen LogP contribution in [-0.4, -0.2) is 35.2 Å². The van der Waals surface area contributed by atoms with Crippen LogP contribution in [0.3, 0.4) is 0 Å². The van der Waals surface area contributed by atoms with E-state index >= 15 is 0 Å². The van der Waals surface area contributed by atoms with Gasteiger partial charge in [-0.15, -0.1) is 0 Å². The lowest BCUT2D eigenvalue weighted by atomic mass is 10.1. The summed E-state index contributed by atoms with van der Waals surface area (Å²) in [6.45, 7) is 0.997. The van der Waals surface area contributed by atoms with Crippen LogP contribution in [-0.2, 0) is 12.8 Å². The predicted octanol–water partition coefficient (Wildman–Crippen LogP) is 1.52. The first kappa shape index (κ1) is 11.9. The molecule has 2 rings (SSSR count). The van der Waals surface area contributed by atoms with Gasteiger partial charge in [0, 0.05) is 12.8 Å². The average Bonchev–Trinajstić information content (AvgIpc) is 2.91. The molecule has 1 saturated heterocycles. The van der Waals surface area contributed by atoms with Crippen LogP contribution in [0.5, 0.6) is 0 Å². The Kier molecular flexibility index (Phi) is 4.66. The lowest BCUT2D eigenvalue weighted by Crippen LogP contribution is -2.08. The molecule has 16 heavy (non-hydrogen) atoms. The third-order valence-corrected chi connectivity index (χ3v) is 4.05. The number of aryl methyl sites for hydroxylation is 1. The molecule has 1 unspecified atom stereocenters. The van der Waals surface area contributed by atoms with Crippen LogP contribution in [0.25, 0.3) is 0 Å². The van der Waals surface area contributed by atoms with Gasteiger partial charge < -0.3 is 9.84 Å². The van der Waals surface area contributed by atoms with Gasteiger partial charge in [0.2, 0.25) is 5.89 Å². The normalized spacial score (nSPS) is 20.4. The highest BCUT2D eigenvalue weighted by Gasteiger charge is 2.18. The van der Waals surface area contributed by atoms with Crippen molar-refractivity contribution in [1.82, 2.24) is 15.5 Å². The summed E-state index contributed by atoms with van der Waals surface area (Å²) in [5.41, 5.74) is 0. The molecule has 2 heterocycles. The Morgan fingerprint density at radius 2 is 2.50 bits per heavy atom. The highest BCUT2D eigenvalue weighted by molar-refractivity contribution is 7.99. The Morgan fingerprint density at radius 1 is 1.56 bits per heavy atom. The zero-order chi connectivity index (χ0) is 11.2. The molecule has 5 heteroatoms. The molecule has 4 nitrogen and oxygen atoms in total. The van der Waals surface area contributed by atoms with Gasteiger partial charge in [0.25, 0.3) is 0 Å². The molecule has 1 atom stereocenters. The van der Waals surface area contributed by atoms with E-state index in [2.05, 4.69) is 15.5 Å². The summed E-state index contributed by atoms with van der Waals surface area (Å²) in [6, 6.07) is 0. The van der Waals surface area contributed by atoms with Crippen molar-refractivity contribution >= 4 is 11.8 Å². The second-order valence-corrected chi connectivity index (χ2v) is 5.40. The van der Waals surface area contributed by atoms with Crippen LogP contribution < -0.4 is 5.32 Å². The summed E-state index contributed by atoms with van der Waals surface area (Å²) in [6.07, 6.45) is 4.22. The van der Waals surface area contributed by atoms with Gasteiger partial charge in [-0.3, -0.25) is 0 Å². The number of aromatic nitrogens is 2. The minimum Gasteiger partial charge on any atom is -0.339 e. The maximum Gasteiger partial charge on any atom is 0.226 e. The Hall–Kier alpha value is -0.550. The molecule has 0 amide bonds. The van der Waals surface area contributed by atoms with Gasteiger partial charge in [-0.1, -0.05) is 5.16 Å². The molecule has 1 aliphatic heterocycles. The van der Waals surface area contributed by atoms with E-state index in [0.29, 0.717) is 0 Å². The zero-order valence-electron chi connectivity index (χ0n) is 9.74. The molecule has 1 aromatic rings. The van der Waals surface area contributed by atoms with Crippen molar-refractivity contribution in [3.8, 4) is 0 Å². The second kappa shape index (κ2) is 6.25. The Morgan fingerprint density at radius 3 is 3.25 bits per heavy atom. The van der Waals surface area contributed by atoms with Crippen molar-refractivity contribution in [2.45, 2.75) is 25.7 Å². The van der Waals surface area contributed by atoms with Gasteiger partial charge in [-0.2, -0.15) is 16.7 Å². The molecule has 0 radical (unpaired) electrons. The standard InChI is InChI=1S/C11H19N3OS/c1-12-5-2-3-11-13-10(14-15-11)7-9-4-6-16-8-9/h9,12H,2-8H2,1H3. The molecule has 1 N–H and O–H groups in total. The summed E-state index contributed by atoms with van der Waals surface area (Å²) in [5.74, 6) is 4.98. The highest BCUT2D eigenvalue weighted by atomic mass is 32.2. The fourth-order valence-corrected chi connectivity index (χ4v) is 3.18. The molecule has 1 fully saturated rings. The van der Waals surface area contributed by atoms with E-state index in [-0.39, 0.29) is 0 Å². The number of rotatable bonds is 6. The number of nitrogens with one attached hydrogen (secondary N) is 1.